The molecule has 6 atom stereocenters. The Morgan fingerprint density at radius 1 is 0.743 bits per heavy atom. The molecule has 1 aromatic carbocycles. The number of nitrogens with zero attached hydrogens (tertiary/aromatic N) is 2. The van der Waals surface area contributed by atoms with Crippen LogP contribution in [0.5, 0.6) is 5.75 Å². The monoisotopic (exact) mass is 478 g/mol. The molecule has 0 unspecified atom stereocenters. The van der Waals surface area contributed by atoms with Gasteiger partial charge in [-0.25, -0.2) is 0 Å². The van der Waals surface area contributed by atoms with Crippen molar-refractivity contribution in [2.24, 2.45) is 29.6 Å². The van der Waals surface area contributed by atoms with E-state index in [1.54, 1.807) is 18.2 Å². The van der Waals surface area contributed by atoms with Crippen LogP contribution >= 0.6 is 0 Å². The quantitative estimate of drug-likeness (QED) is 0.491. The number of para-hydroxylation sites is 1. The van der Waals surface area contributed by atoms with Gasteiger partial charge in [-0.05, 0) is 66.4 Å². The average molecular weight is 479 g/mol. The molecule has 7 heteroatoms. The first kappa shape index (κ1) is 23.8. The van der Waals surface area contributed by atoms with Gasteiger partial charge in [0, 0.05) is 22.6 Å². The van der Waals surface area contributed by atoms with E-state index in [1.165, 1.54) is 9.80 Å². The lowest BCUT2D eigenvalue weighted by Crippen LogP contribution is -2.47. The Kier molecular flexibility index (Phi) is 5.10. The van der Waals surface area contributed by atoms with E-state index in [0.29, 0.717) is 18.4 Å². The van der Waals surface area contributed by atoms with Gasteiger partial charge in [-0.2, -0.15) is 0 Å². The lowest BCUT2D eigenvalue weighted by molar-refractivity contribution is -0.147. The van der Waals surface area contributed by atoms with Crippen molar-refractivity contribution in [2.75, 3.05) is 0 Å². The molecule has 35 heavy (non-hydrogen) atoms. The van der Waals surface area contributed by atoms with E-state index in [4.69, 9.17) is 0 Å². The van der Waals surface area contributed by atoms with Gasteiger partial charge in [0.2, 0.25) is 23.6 Å². The first-order valence-corrected chi connectivity index (χ1v) is 12.5. The molecule has 0 radical (unpaired) electrons. The van der Waals surface area contributed by atoms with Gasteiger partial charge in [-0.3, -0.25) is 29.0 Å². The Balaban J connectivity index is 1.66. The van der Waals surface area contributed by atoms with Gasteiger partial charge in [-0.1, -0.05) is 29.8 Å². The second kappa shape index (κ2) is 7.52. The fraction of sp³-hybridized carbons (Fsp3) is 0.571. The lowest BCUT2D eigenvalue weighted by atomic mass is 9.57. The number of allylic oxidation sites excluding steroid dienone is 2. The molecule has 7 nitrogen and oxygen atoms in total. The molecule has 5 rings (SSSR count). The van der Waals surface area contributed by atoms with Crippen LogP contribution in [-0.2, 0) is 19.2 Å². The average Bonchev–Trinajstić information content (AvgIpc) is 3.16. The molecule has 0 bridgehead atoms. The second-order valence-corrected chi connectivity index (χ2v) is 12.4. The number of hydrogen-bond donors (Lipinski definition) is 1. The zero-order valence-electron chi connectivity index (χ0n) is 21.2. The Labute approximate surface area is 206 Å². The molecule has 4 aliphatic rings. The van der Waals surface area contributed by atoms with Crippen molar-refractivity contribution in [3.05, 3.63) is 41.5 Å². The number of carbonyl (C=O) groups excluding carboxylic acids is 4. The Hall–Kier alpha value is -2.96. The molecule has 4 amide bonds. The number of fused-ring (bicyclic) bond motifs is 4. The summed E-state index contributed by atoms with van der Waals surface area (Å²) in [5.41, 5.74) is 0.183. The zero-order chi connectivity index (χ0) is 25.6. The first-order chi connectivity index (χ1) is 16.2. The van der Waals surface area contributed by atoms with E-state index in [1.807, 2.05) is 53.7 Å². The fourth-order valence-corrected chi connectivity index (χ4v) is 7.01. The maximum absolute atomic E-state index is 13.8. The summed E-state index contributed by atoms with van der Waals surface area (Å²) in [6, 6.07) is 6.93. The third kappa shape index (κ3) is 3.30. The standard InChI is InChI=1S/C28H34N2O5/c1-27(2,3)29-23(32)16-12-11-14-17(21(16)25(29)34)13-18-22(20(14)15-9-7-8-10-19(15)31)26(35)30(24(18)33)28(4,5)6/h7-11,16-18,20-22,31H,12-13H2,1-6H3/t16-,17+,18+,20+,21-,22+/m0/s1. The number of amides is 4. The van der Waals surface area contributed by atoms with Crippen molar-refractivity contribution in [3.63, 3.8) is 0 Å². The van der Waals surface area contributed by atoms with E-state index in [-0.39, 0.29) is 35.3 Å². The van der Waals surface area contributed by atoms with Gasteiger partial charge in [-0.15, -0.1) is 0 Å². The number of carbonyl (C=O) groups is 4. The van der Waals surface area contributed by atoms with Crippen LogP contribution in [0.25, 0.3) is 0 Å². The highest BCUT2D eigenvalue weighted by Crippen LogP contribution is 2.59. The summed E-state index contributed by atoms with van der Waals surface area (Å²) < 4.78 is 0. The van der Waals surface area contributed by atoms with Crippen LogP contribution in [0.15, 0.2) is 35.9 Å². The third-order valence-corrected chi connectivity index (χ3v) is 8.26. The van der Waals surface area contributed by atoms with Gasteiger partial charge in [0.1, 0.15) is 5.75 Å². The van der Waals surface area contributed by atoms with E-state index in [0.717, 1.165) is 5.57 Å². The number of aromatic hydroxyl groups is 1. The Morgan fingerprint density at radius 2 is 1.29 bits per heavy atom. The van der Waals surface area contributed by atoms with Crippen LogP contribution < -0.4 is 0 Å². The third-order valence-electron chi connectivity index (χ3n) is 8.26. The SMILES string of the molecule is CC(C)(C)N1C(=O)[C@H]2[C@H](CC=C3[C@H]2C[C@H]2C(=O)N(C(C)(C)C)C(=O)[C@H]2[C@H]3c2ccccc2O)C1=O. The Bertz CT molecular complexity index is 1170. The van der Waals surface area contributed by atoms with Crippen molar-refractivity contribution in [1.82, 2.24) is 9.80 Å². The predicted octanol–water partition coefficient (Wildman–Crippen LogP) is 3.63. The van der Waals surface area contributed by atoms with Gasteiger partial charge < -0.3 is 5.11 Å². The van der Waals surface area contributed by atoms with Crippen LogP contribution in [0.3, 0.4) is 0 Å². The summed E-state index contributed by atoms with van der Waals surface area (Å²) in [5, 5.41) is 10.8. The number of likely N-dealkylation sites (tertiary alicyclic amines) is 2. The summed E-state index contributed by atoms with van der Waals surface area (Å²) in [7, 11) is 0. The number of rotatable bonds is 1. The molecule has 3 fully saturated rings. The molecule has 1 N–H and O–H groups in total. The Morgan fingerprint density at radius 3 is 1.86 bits per heavy atom. The number of phenols is 1. The molecule has 1 aromatic rings. The molecule has 0 aromatic heterocycles. The number of imide groups is 2. The van der Waals surface area contributed by atoms with Crippen molar-refractivity contribution < 1.29 is 24.3 Å². The first-order valence-electron chi connectivity index (χ1n) is 12.5. The van der Waals surface area contributed by atoms with Crippen LogP contribution in [-0.4, -0.2) is 49.6 Å². The minimum Gasteiger partial charge on any atom is -0.508 e. The largest absolute Gasteiger partial charge is 0.508 e. The van der Waals surface area contributed by atoms with Crippen molar-refractivity contribution in [3.8, 4) is 5.75 Å². The van der Waals surface area contributed by atoms with Gasteiger partial charge in [0.25, 0.3) is 0 Å². The highest BCUT2D eigenvalue weighted by molar-refractivity contribution is 6.08. The summed E-state index contributed by atoms with van der Waals surface area (Å²) in [6.45, 7) is 11.1. The minimum atomic E-state index is -0.681. The van der Waals surface area contributed by atoms with Gasteiger partial charge in [0.05, 0.1) is 23.7 Å². The highest BCUT2D eigenvalue weighted by Gasteiger charge is 2.63. The van der Waals surface area contributed by atoms with Crippen molar-refractivity contribution in [1.29, 1.82) is 0 Å². The lowest BCUT2D eigenvalue weighted by Gasteiger charge is -2.44. The summed E-state index contributed by atoms with van der Waals surface area (Å²) in [4.78, 5) is 57.2. The molecule has 2 aliphatic carbocycles. The molecular weight excluding hydrogens is 444 g/mol. The van der Waals surface area contributed by atoms with Gasteiger partial charge >= 0.3 is 0 Å². The molecular formula is C28H34N2O5. The van der Waals surface area contributed by atoms with E-state index < -0.39 is 40.7 Å². The zero-order valence-corrected chi connectivity index (χ0v) is 21.2. The van der Waals surface area contributed by atoms with E-state index in [9.17, 15) is 24.3 Å². The summed E-state index contributed by atoms with van der Waals surface area (Å²) in [5.74, 6) is -3.83. The molecule has 2 heterocycles. The molecule has 1 saturated carbocycles. The molecule has 2 aliphatic heterocycles. The summed E-state index contributed by atoms with van der Waals surface area (Å²) >= 11 is 0. The highest BCUT2D eigenvalue weighted by atomic mass is 16.3. The predicted molar refractivity (Wildman–Crippen MR) is 129 cm³/mol. The van der Waals surface area contributed by atoms with Gasteiger partial charge in [0.15, 0.2) is 0 Å². The van der Waals surface area contributed by atoms with Crippen LogP contribution in [0, 0.1) is 29.6 Å². The van der Waals surface area contributed by atoms with Crippen LogP contribution in [0.2, 0.25) is 0 Å². The topological polar surface area (TPSA) is 95.0 Å². The number of benzene rings is 1. The molecule has 186 valence electrons. The summed E-state index contributed by atoms with van der Waals surface area (Å²) in [6.07, 6.45) is 2.78. The number of phenolic OH excluding ortho intramolecular Hbond substituents is 1. The fourth-order valence-electron chi connectivity index (χ4n) is 7.01. The van der Waals surface area contributed by atoms with E-state index in [2.05, 4.69) is 0 Å². The van der Waals surface area contributed by atoms with E-state index >= 15 is 0 Å². The molecule has 0 spiro atoms. The maximum atomic E-state index is 13.8. The number of hydrogen-bond acceptors (Lipinski definition) is 5. The molecule has 2 saturated heterocycles. The van der Waals surface area contributed by atoms with Crippen molar-refractivity contribution in [2.45, 2.75) is 71.4 Å². The van der Waals surface area contributed by atoms with Crippen LogP contribution in [0.4, 0.5) is 0 Å². The second-order valence-electron chi connectivity index (χ2n) is 12.4. The minimum absolute atomic E-state index is 0.0690. The smallest absolute Gasteiger partial charge is 0.234 e. The maximum Gasteiger partial charge on any atom is 0.234 e. The normalized spacial score (nSPS) is 33.0. The van der Waals surface area contributed by atoms with Crippen LogP contribution in [0.1, 0.15) is 65.9 Å². The van der Waals surface area contributed by atoms with Crippen molar-refractivity contribution >= 4 is 23.6 Å².